The molecule has 1 fully saturated rings. The highest BCUT2D eigenvalue weighted by Crippen LogP contribution is 2.39. The Labute approximate surface area is 108 Å². The minimum Gasteiger partial charge on any atom is -0.330 e. The lowest BCUT2D eigenvalue weighted by Crippen LogP contribution is -2.47. The molecule has 1 rings (SSSR count). The van der Waals surface area contributed by atoms with E-state index < -0.39 is 0 Å². The van der Waals surface area contributed by atoms with Crippen LogP contribution >= 0.6 is 0 Å². The number of nitrogens with two attached hydrogens (primary N) is 1. The smallest absolute Gasteiger partial charge is 0.00201 e. The van der Waals surface area contributed by atoms with Gasteiger partial charge in [-0.1, -0.05) is 46.5 Å². The van der Waals surface area contributed by atoms with Gasteiger partial charge in [0.15, 0.2) is 0 Å². The van der Waals surface area contributed by atoms with Gasteiger partial charge in [0.2, 0.25) is 0 Å². The standard InChI is InChI=1S/C15H32N2/c1-4-5-6-8-14(2,3)12-17-13-15(11-16)9-7-10-15/h17H,4-13,16H2,1-3H3. The number of unbranched alkanes of at least 4 members (excludes halogenated alkanes) is 2. The van der Waals surface area contributed by atoms with Crippen molar-refractivity contribution in [3.8, 4) is 0 Å². The molecule has 2 heteroatoms. The van der Waals surface area contributed by atoms with E-state index in [1.807, 2.05) is 0 Å². The Morgan fingerprint density at radius 1 is 1.24 bits per heavy atom. The molecule has 1 aliphatic carbocycles. The van der Waals surface area contributed by atoms with E-state index in [1.54, 1.807) is 0 Å². The molecule has 0 aliphatic heterocycles. The Kier molecular flexibility index (Phi) is 5.94. The van der Waals surface area contributed by atoms with Gasteiger partial charge in [-0.2, -0.15) is 0 Å². The van der Waals surface area contributed by atoms with Crippen molar-refractivity contribution in [3.05, 3.63) is 0 Å². The molecule has 2 nitrogen and oxygen atoms in total. The summed E-state index contributed by atoms with van der Waals surface area (Å²) >= 11 is 0. The first-order chi connectivity index (χ1) is 8.04. The molecule has 0 saturated heterocycles. The third kappa shape index (κ3) is 4.97. The normalized spacial score (nSPS) is 19.1. The molecule has 17 heavy (non-hydrogen) atoms. The molecule has 0 radical (unpaired) electrons. The van der Waals surface area contributed by atoms with Crippen LogP contribution in [-0.4, -0.2) is 19.6 Å². The highest BCUT2D eigenvalue weighted by atomic mass is 14.9. The first-order valence-corrected chi connectivity index (χ1v) is 7.44. The molecule has 0 aromatic heterocycles. The van der Waals surface area contributed by atoms with Crippen molar-refractivity contribution in [2.75, 3.05) is 19.6 Å². The van der Waals surface area contributed by atoms with E-state index in [2.05, 4.69) is 26.1 Å². The van der Waals surface area contributed by atoms with Gasteiger partial charge in [0.25, 0.3) is 0 Å². The van der Waals surface area contributed by atoms with Crippen LogP contribution in [-0.2, 0) is 0 Å². The van der Waals surface area contributed by atoms with Gasteiger partial charge in [0.1, 0.15) is 0 Å². The van der Waals surface area contributed by atoms with Gasteiger partial charge < -0.3 is 11.1 Å². The molecule has 0 spiro atoms. The van der Waals surface area contributed by atoms with Crippen LogP contribution in [0.3, 0.4) is 0 Å². The van der Waals surface area contributed by atoms with Crippen LogP contribution in [0.1, 0.15) is 65.7 Å². The molecule has 102 valence electrons. The van der Waals surface area contributed by atoms with E-state index in [-0.39, 0.29) is 0 Å². The molecule has 0 heterocycles. The topological polar surface area (TPSA) is 38.0 Å². The summed E-state index contributed by atoms with van der Waals surface area (Å²) in [6.07, 6.45) is 9.42. The second-order valence-corrected chi connectivity index (χ2v) is 6.78. The Morgan fingerprint density at radius 3 is 2.41 bits per heavy atom. The van der Waals surface area contributed by atoms with E-state index in [0.29, 0.717) is 10.8 Å². The van der Waals surface area contributed by atoms with Gasteiger partial charge in [-0.25, -0.2) is 0 Å². The van der Waals surface area contributed by atoms with Crippen molar-refractivity contribution in [2.45, 2.75) is 65.7 Å². The number of nitrogens with one attached hydrogen (secondary N) is 1. The molecule has 0 atom stereocenters. The number of hydrogen-bond acceptors (Lipinski definition) is 2. The predicted octanol–water partition coefficient (Wildman–Crippen LogP) is 3.31. The summed E-state index contributed by atoms with van der Waals surface area (Å²) in [6.45, 7) is 10.2. The first kappa shape index (κ1) is 15.0. The van der Waals surface area contributed by atoms with Gasteiger partial charge in [-0.3, -0.25) is 0 Å². The highest BCUT2D eigenvalue weighted by Gasteiger charge is 2.35. The van der Waals surface area contributed by atoms with Crippen LogP contribution in [0.4, 0.5) is 0 Å². The van der Waals surface area contributed by atoms with Crippen LogP contribution in [0, 0.1) is 10.8 Å². The average Bonchev–Trinajstić information content (AvgIpc) is 2.22. The van der Waals surface area contributed by atoms with E-state index in [0.717, 1.165) is 19.6 Å². The van der Waals surface area contributed by atoms with Crippen molar-refractivity contribution in [1.29, 1.82) is 0 Å². The van der Waals surface area contributed by atoms with Crippen molar-refractivity contribution < 1.29 is 0 Å². The molecular formula is C15H32N2. The molecule has 0 aromatic rings. The van der Waals surface area contributed by atoms with Crippen LogP contribution in [0.5, 0.6) is 0 Å². The van der Waals surface area contributed by atoms with E-state index >= 15 is 0 Å². The highest BCUT2D eigenvalue weighted by molar-refractivity contribution is 4.90. The lowest BCUT2D eigenvalue weighted by Gasteiger charge is -2.42. The summed E-state index contributed by atoms with van der Waals surface area (Å²) in [4.78, 5) is 0. The molecular weight excluding hydrogens is 208 g/mol. The number of rotatable bonds is 9. The largest absolute Gasteiger partial charge is 0.330 e. The fourth-order valence-corrected chi connectivity index (χ4v) is 2.74. The Hall–Kier alpha value is -0.0800. The van der Waals surface area contributed by atoms with Crippen LogP contribution < -0.4 is 11.1 Å². The van der Waals surface area contributed by atoms with Crippen LogP contribution in [0.15, 0.2) is 0 Å². The Balaban J connectivity index is 2.15. The fourth-order valence-electron chi connectivity index (χ4n) is 2.74. The summed E-state index contributed by atoms with van der Waals surface area (Å²) < 4.78 is 0. The lowest BCUT2D eigenvalue weighted by atomic mass is 9.68. The van der Waals surface area contributed by atoms with E-state index in [1.165, 1.54) is 44.9 Å². The second kappa shape index (κ2) is 6.75. The van der Waals surface area contributed by atoms with Gasteiger partial charge >= 0.3 is 0 Å². The zero-order valence-corrected chi connectivity index (χ0v) is 12.1. The Morgan fingerprint density at radius 2 is 1.94 bits per heavy atom. The average molecular weight is 240 g/mol. The zero-order chi connectivity index (χ0) is 12.8. The van der Waals surface area contributed by atoms with Gasteiger partial charge in [0, 0.05) is 13.1 Å². The van der Waals surface area contributed by atoms with Crippen molar-refractivity contribution >= 4 is 0 Å². The maximum Gasteiger partial charge on any atom is 0.00201 e. The SMILES string of the molecule is CCCCCC(C)(C)CNCC1(CN)CCC1. The quantitative estimate of drug-likeness (QED) is 0.607. The van der Waals surface area contributed by atoms with Gasteiger partial charge in [-0.05, 0) is 36.6 Å². The van der Waals surface area contributed by atoms with Gasteiger partial charge in [0.05, 0.1) is 0 Å². The van der Waals surface area contributed by atoms with Crippen LogP contribution in [0.2, 0.25) is 0 Å². The minimum atomic E-state index is 0.439. The molecule has 0 unspecified atom stereocenters. The van der Waals surface area contributed by atoms with Crippen molar-refractivity contribution in [3.63, 3.8) is 0 Å². The monoisotopic (exact) mass is 240 g/mol. The fraction of sp³-hybridized carbons (Fsp3) is 1.00. The first-order valence-electron chi connectivity index (χ1n) is 7.44. The molecule has 0 bridgehead atoms. The lowest BCUT2D eigenvalue weighted by molar-refractivity contribution is 0.133. The molecule has 1 aliphatic rings. The third-order valence-electron chi connectivity index (χ3n) is 4.41. The van der Waals surface area contributed by atoms with Crippen molar-refractivity contribution in [2.24, 2.45) is 16.6 Å². The third-order valence-corrected chi connectivity index (χ3v) is 4.41. The summed E-state index contributed by atoms with van der Waals surface area (Å²) in [5.74, 6) is 0. The molecule has 0 amide bonds. The minimum absolute atomic E-state index is 0.439. The predicted molar refractivity (Wildman–Crippen MR) is 76.1 cm³/mol. The van der Waals surface area contributed by atoms with E-state index in [4.69, 9.17) is 5.73 Å². The van der Waals surface area contributed by atoms with Crippen LogP contribution in [0.25, 0.3) is 0 Å². The summed E-state index contributed by atoms with van der Waals surface area (Å²) in [6, 6.07) is 0. The van der Waals surface area contributed by atoms with E-state index in [9.17, 15) is 0 Å². The molecule has 0 aromatic carbocycles. The second-order valence-electron chi connectivity index (χ2n) is 6.78. The van der Waals surface area contributed by atoms with Gasteiger partial charge in [-0.15, -0.1) is 0 Å². The summed E-state index contributed by atoms with van der Waals surface area (Å²) in [5, 5.41) is 3.67. The van der Waals surface area contributed by atoms with Crippen molar-refractivity contribution in [1.82, 2.24) is 5.32 Å². The summed E-state index contributed by atoms with van der Waals surface area (Å²) in [5.41, 5.74) is 6.76. The Bertz CT molecular complexity index is 201. The summed E-state index contributed by atoms with van der Waals surface area (Å²) in [7, 11) is 0. The number of hydrogen-bond donors (Lipinski definition) is 2. The molecule has 3 N–H and O–H groups in total. The zero-order valence-electron chi connectivity index (χ0n) is 12.1. The molecule has 1 saturated carbocycles. The maximum absolute atomic E-state index is 5.88. The maximum atomic E-state index is 5.88.